The first-order valence-electron chi connectivity index (χ1n) is 19.9. The first kappa shape index (κ1) is 47.7. The van der Waals surface area contributed by atoms with Crippen LogP contribution >= 0.6 is 7.60 Å². The summed E-state index contributed by atoms with van der Waals surface area (Å²) < 4.78 is 71.5. The van der Waals surface area contributed by atoms with Crippen molar-refractivity contribution in [1.29, 1.82) is 0 Å². The number of H-pyrrole nitrogens is 1. The molecular formula is C42H54F2N5O12P. The van der Waals surface area contributed by atoms with E-state index < -0.39 is 85.1 Å². The predicted molar refractivity (Wildman–Crippen MR) is 221 cm³/mol. The molecule has 0 aliphatic carbocycles. The Morgan fingerprint density at radius 2 is 1.48 bits per heavy atom. The number of nitrogens with one attached hydrogen (secondary N) is 2. The number of rotatable bonds is 13. The van der Waals surface area contributed by atoms with Gasteiger partial charge in [-0.05, 0) is 103 Å². The highest BCUT2D eigenvalue weighted by Crippen LogP contribution is 2.67. The van der Waals surface area contributed by atoms with Crippen LogP contribution in [0.3, 0.4) is 0 Å². The summed E-state index contributed by atoms with van der Waals surface area (Å²) in [7, 11) is -2.50. The number of hydrogen-bond donors (Lipinski definition) is 2. The van der Waals surface area contributed by atoms with Crippen LogP contribution in [-0.2, 0) is 52.7 Å². The van der Waals surface area contributed by atoms with Crippen LogP contribution in [0.2, 0.25) is 0 Å². The van der Waals surface area contributed by atoms with Crippen LogP contribution in [0.4, 0.5) is 14.5 Å². The summed E-state index contributed by atoms with van der Waals surface area (Å²) in [6, 6.07) is 8.61. The van der Waals surface area contributed by atoms with E-state index in [4.69, 9.17) is 23.3 Å². The summed E-state index contributed by atoms with van der Waals surface area (Å²) in [5.41, 5.74) is -6.77. The number of hydrogen-bond acceptors (Lipinski definition) is 12. The molecule has 5 rings (SSSR count). The van der Waals surface area contributed by atoms with Crippen LogP contribution in [0.15, 0.2) is 48.5 Å². The lowest BCUT2D eigenvalue weighted by molar-refractivity contribution is -0.163. The lowest BCUT2D eigenvalue weighted by atomic mass is 9.98. The number of nitrogens with zero attached hydrogens (tertiary/aromatic N) is 3. The second kappa shape index (κ2) is 18.5. The molecule has 0 unspecified atom stereocenters. The van der Waals surface area contributed by atoms with E-state index in [1.807, 2.05) is 0 Å². The highest BCUT2D eigenvalue weighted by molar-refractivity contribution is 7.54. The number of fused-ring (bicyclic) bond motifs is 2. The van der Waals surface area contributed by atoms with Gasteiger partial charge in [0, 0.05) is 55.3 Å². The standard InChI is InChI=1S/C42H54F2N5O12P/c1-25(50)48-19-18-29-13-17-34(37(53)47(8)28-11-14-30(57-9)15-12-28)49(29)36(52)33(22-48)46-35(51)32-21-26-20-27(10-16-31(26)45-32)42(43,44)62(56,60-23-58-38(54)40(2,3)4)61-24-59-39(55)41(5,6)7/h10-12,14-16,20-21,29,33-34,45H,13,17-19,22-24H2,1-9H3,(H,46,51)/t29-,33+,34+/m1/s1. The van der Waals surface area contributed by atoms with Crippen molar-refractivity contribution in [2.75, 3.05) is 45.7 Å². The third kappa shape index (κ3) is 10.4. The van der Waals surface area contributed by atoms with Gasteiger partial charge in [-0.1, -0.05) is 6.07 Å². The highest BCUT2D eigenvalue weighted by atomic mass is 31.2. The average molecular weight is 890 g/mol. The molecule has 2 N–H and O–H groups in total. The molecule has 3 heterocycles. The first-order chi connectivity index (χ1) is 28.9. The lowest BCUT2D eigenvalue weighted by Crippen LogP contribution is -2.61. The van der Waals surface area contributed by atoms with Gasteiger partial charge in [-0.2, -0.15) is 8.78 Å². The largest absolute Gasteiger partial charge is 0.497 e. The number of carbonyl (C=O) groups is 6. The molecule has 2 aliphatic heterocycles. The zero-order valence-electron chi connectivity index (χ0n) is 36.2. The molecule has 3 aromatic rings. The molecule has 2 saturated heterocycles. The normalized spacial score (nSPS) is 18.7. The maximum atomic E-state index is 16.3. The van der Waals surface area contributed by atoms with Crippen molar-refractivity contribution in [1.82, 2.24) is 20.1 Å². The minimum atomic E-state index is -5.64. The molecule has 0 saturated carbocycles. The van der Waals surface area contributed by atoms with Crippen molar-refractivity contribution in [2.45, 2.75) is 91.5 Å². The molecule has 338 valence electrons. The van der Waals surface area contributed by atoms with Gasteiger partial charge in [0.15, 0.2) is 0 Å². The number of anilines is 1. The van der Waals surface area contributed by atoms with Gasteiger partial charge >= 0.3 is 25.2 Å². The van der Waals surface area contributed by atoms with Crippen molar-refractivity contribution in [3.05, 3.63) is 59.8 Å². The predicted octanol–water partition coefficient (Wildman–Crippen LogP) is 5.92. The Kier molecular flexibility index (Phi) is 14.2. The van der Waals surface area contributed by atoms with Crippen LogP contribution in [0.1, 0.15) is 83.8 Å². The molecule has 1 aromatic heterocycles. The highest BCUT2D eigenvalue weighted by Gasteiger charge is 2.56. The summed E-state index contributed by atoms with van der Waals surface area (Å²) >= 11 is 0. The van der Waals surface area contributed by atoms with Crippen LogP contribution in [0, 0.1) is 10.8 Å². The second-order valence-corrected chi connectivity index (χ2v) is 19.3. The molecule has 3 atom stereocenters. The van der Waals surface area contributed by atoms with E-state index in [0.717, 1.165) is 12.1 Å². The number of methoxy groups -OCH3 is 1. The Hall–Kier alpha value is -5.39. The number of alkyl halides is 2. The van der Waals surface area contributed by atoms with E-state index in [0.29, 0.717) is 30.7 Å². The molecule has 0 radical (unpaired) electrons. The number of ether oxygens (including phenoxy) is 3. The van der Waals surface area contributed by atoms with Crippen LogP contribution in [0.25, 0.3) is 10.9 Å². The number of benzene rings is 2. The summed E-state index contributed by atoms with van der Waals surface area (Å²) in [5.74, 6) is -3.11. The Labute approximate surface area is 358 Å². The Morgan fingerprint density at radius 3 is 2.03 bits per heavy atom. The minimum Gasteiger partial charge on any atom is -0.497 e. The van der Waals surface area contributed by atoms with Gasteiger partial charge in [-0.25, -0.2) is 0 Å². The first-order valence-corrected chi connectivity index (χ1v) is 21.5. The van der Waals surface area contributed by atoms with Gasteiger partial charge in [0.05, 0.1) is 17.9 Å². The van der Waals surface area contributed by atoms with Crippen LogP contribution in [0.5, 0.6) is 5.75 Å². The zero-order valence-corrected chi connectivity index (χ0v) is 37.1. The van der Waals surface area contributed by atoms with Gasteiger partial charge in [-0.15, -0.1) is 0 Å². The number of amides is 4. The Morgan fingerprint density at radius 1 is 0.887 bits per heavy atom. The summed E-state index contributed by atoms with van der Waals surface area (Å²) in [5, 5.41) is 2.74. The number of aromatic nitrogens is 1. The zero-order chi connectivity index (χ0) is 45.9. The molecule has 4 amide bonds. The fourth-order valence-electron chi connectivity index (χ4n) is 6.93. The Balaban J connectivity index is 1.39. The molecule has 2 aliphatic rings. The van der Waals surface area contributed by atoms with E-state index in [2.05, 4.69) is 10.3 Å². The maximum absolute atomic E-state index is 16.3. The summed E-state index contributed by atoms with van der Waals surface area (Å²) in [6.45, 7) is 8.12. The smallest absolute Gasteiger partial charge is 0.410 e. The maximum Gasteiger partial charge on any atom is 0.410 e. The second-order valence-electron chi connectivity index (χ2n) is 17.2. The molecular weight excluding hydrogens is 835 g/mol. The van der Waals surface area contributed by atoms with Crippen molar-refractivity contribution in [2.24, 2.45) is 10.8 Å². The van der Waals surface area contributed by atoms with E-state index in [1.54, 1.807) is 31.3 Å². The molecule has 2 fully saturated rings. The topological polar surface area (TPSA) is 203 Å². The van der Waals surface area contributed by atoms with Crippen LogP contribution < -0.4 is 15.0 Å². The van der Waals surface area contributed by atoms with Crippen LogP contribution in [-0.4, -0.2) is 109 Å². The van der Waals surface area contributed by atoms with Crippen molar-refractivity contribution in [3.63, 3.8) is 0 Å². The Bertz CT molecular complexity index is 2200. The number of likely N-dealkylation sites (N-methyl/N-ethyl adjacent to an activating group) is 1. The third-order valence-electron chi connectivity index (χ3n) is 10.6. The fourth-order valence-corrected chi connectivity index (χ4v) is 8.17. The molecule has 0 bridgehead atoms. The van der Waals surface area contributed by atoms with E-state index in [-0.39, 0.29) is 41.5 Å². The number of aromatic amines is 1. The molecule has 62 heavy (non-hydrogen) atoms. The summed E-state index contributed by atoms with van der Waals surface area (Å²) in [6.07, 6.45) is 1.27. The molecule has 17 nitrogen and oxygen atoms in total. The quantitative estimate of drug-likeness (QED) is 0.117. The third-order valence-corrected chi connectivity index (χ3v) is 12.5. The summed E-state index contributed by atoms with van der Waals surface area (Å²) in [4.78, 5) is 86.7. The van der Waals surface area contributed by atoms with Gasteiger partial charge < -0.3 is 39.2 Å². The van der Waals surface area contributed by atoms with Crippen molar-refractivity contribution in [3.8, 4) is 5.75 Å². The van der Waals surface area contributed by atoms with Gasteiger partial charge in [0.25, 0.3) is 5.91 Å². The van der Waals surface area contributed by atoms with E-state index in [9.17, 15) is 33.3 Å². The molecule has 0 spiro atoms. The lowest BCUT2D eigenvalue weighted by Gasteiger charge is -2.39. The monoisotopic (exact) mass is 889 g/mol. The van der Waals surface area contributed by atoms with Crippen molar-refractivity contribution >= 4 is 59.8 Å². The van der Waals surface area contributed by atoms with Gasteiger partial charge in [0.1, 0.15) is 23.5 Å². The number of halogens is 2. The molecule has 2 aromatic carbocycles. The minimum absolute atomic E-state index is 0.0541. The van der Waals surface area contributed by atoms with E-state index in [1.165, 1.54) is 82.4 Å². The number of esters is 2. The van der Waals surface area contributed by atoms with Gasteiger partial charge in [-0.3, -0.25) is 42.4 Å². The van der Waals surface area contributed by atoms with Gasteiger partial charge in [0.2, 0.25) is 31.3 Å². The van der Waals surface area contributed by atoms with E-state index >= 15 is 8.78 Å². The van der Waals surface area contributed by atoms with Crippen molar-refractivity contribution < 1.29 is 65.4 Å². The SMILES string of the molecule is COc1ccc(N(C)C(=O)[C@@H]2CC[C@@H]3CCN(C(C)=O)C[C@H](NC(=O)c4cc5cc(C(F)(F)P(=O)(OCOC(=O)C(C)(C)C)OCOC(=O)C(C)(C)C)ccc5[nH]4)C(=O)N32)cc1. The average Bonchev–Trinajstić information content (AvgIpc) is 3.84. The molecule has 20 heteroatoms. The fraction of sp³-hybridized carbons (Fsp3) is 0.524. The number of carbonyl (C=O) groups excluding carboxylic acids is 6.